The van der Waals surface area contributed by atoms with Crippen LogP contribution in [0.2, 0.25) is 0 Å². The summed E-state index contributed by atoms with van der Waals surface area (Å²) in [6.45, 7) is 3.14. The van der Waals surface area contributed by atoms with Crippen LogP contribution in [0.4, 0.5) is 0 Å². The molecule has 0 spiro atoms. The van der Waals surface area contributed by atoms with Crippen molar-refractivity contribution in [3.63, 3.8) is 0 Å². The van der Waals surface area contributed by atoms with Gasteiger partial charge in [-0.15, -0.1) is 0 Å². The smallest absolute Gasteiger partial charge is 0.161 e. The summed E-state index contributed by atoms with van der Waals surface area (Å²) in [6.07, 6.45) is 4.40. The number of nitrogens with zero attached hydrogens (tertiary/aromatic N) is 1. The minimum Gasteiger partial charge on any atom is -0.493 e. The first kappa shape index (κ1) is 16.1. The summed E-state index contributed by atoms with van der Waals surface area (Å²) in [5.41, 5.74) is 2.39. The summed E-state index contributed by atoms with van der Waals surface area (Å²) in [7, 11) is 5.44. The molecular weight excluding hydrogens is 290 g/mol. The third kappa shape index (κ3) is 2.36. The largest absolute Gasteiger partial charge is 0.493 e. The van der Waals surface area contributed by atoms with Gasteiger partial charge in [0.2, 0.25) is 0 Å². The van der Waals surface area contributed by atoms with E-state index in [4.69, 9.17) is 9.47 Å². The van der Waals surface area contributed by atoms with Gasteiger partial charge in [-0.25, -0.2) is 0 Å². The molecule has 1 aromatic rings. The number of ether oxygens (including phenoxy) is 2. The van der Waals surface area contributed by atoms with E-state index in [9.17, 15) is 4.79 Å². The molecule has 0 amide bonds. The molecule has 4 heteroatoms. The van der Waals surface area contributed by atoms with Crippen LogP contribution in [0.15, 0.2) is 29.8 Å². The second-order valence-corrected chi connectivity index (χ2v) is 6.48. The maximum Gasteiger partial charge on any atom is 0.161 e. The van der Waals surface area contributed by atoms with Crippen molar-refractivity contribution in [2.75, 3.05) is 27.8 Å². The Hall–Kier alpha value is -1.81. The Labute approximate surface area is 138 Å². The summed E-state index contributed by atoms with van der Waals surface area (Å²) >= 11 is 0. The molecule has 23 heavy (non-hydrogen) atoms. The molecule has 124 valence electrons. The van der Waals surface area contributed by atoms with E-state index in [2.05, 4.69) is 31.0 Å². The highest BCUT2D eigenvalue weighted by molar-refractivity contribution is 5.93. The number of allylic oxidation sites excluding steroid dienone is 1. The van der Waals surface area contributed by atoms with Crippen molar-refractivity contribution in [1.82, 2.24) is 4.90 Å². The Morgan fingerprint density at radius 1 is 1.26 bits per heavy atom. The van der Waals surface area contributed by atoms with Crippen molar-refractivity contribution in [2.24, 2.45) is 0 Å². The van der Waals surface area contributed by atoms with Crippen LogP contribution in [0.1, 0.15) is 31.7 Å². The molecule has 2 aliphatic rings. The van der Waals surface area contributed by atoms with Gasteiger partial charge < -0.3 is 14.4 Å². The molecule has 3 rings (SSSR count). The zero-order chi connectivity index (χ0) is 16.6. The van der Waals surface area contributed by atoms with Crippen molar-refractivity contribution < 1.29 is 14.3 Å². The summed E-state index contributed by atoms with van der Waals surface area (Å²) in [5, 5.41) is 0. The molecule has 1 aromatic carbocycles. The van der Waals surface area contributed by atoms with Gasteiger partial charge in [0.1, 0.15) is 0 Å². The molecule has 0 bridgehead atoms. The summed E-state index contributed by atoms with van der Waals surface area (Å²) < 4.78 is 10.9. The first-order valence-electron chi connectivity index (χ1n) is 8.23. The minimum atomic E-state index is -0.0863. The molecule has 2 atom stereocenters. The molecule has 0 N–H and O–H groups in total. The zero-order valence-corrected chi connectivity index (χ0v) is 14.4. The number of hydrogen-bond donors (Lipinski definition) is 0. The summed E-state index contributed by atoms with van der Waals surface area (Å²) in [4.78, 5) is 14.5. The van der Waals surface area contributed by atoms with E-state index in [0.29, 0.717) is 6.42 Å². The van der Waals surface area contributed by atoms with Crippen LogP contribution in [0.25, 0.3) is 0 Å². The number of carbonyl (C=O) groups is 1. The quantitative estimate of drug-likeness (QED) is 0.856. The van der Waals surface area contributed by atoms with Gasteiger partial charge >= 0.3 is 0 Å². The highest BCUT2D eigenvalue weighted by atomic mass is 16.5. The topological polar surface area (TPSA) is 38.8 Å². The molecule has 0 aromatic heterocycles. The fourth-order valence-electron chi connectivity index (χ4n) is 4.38. The van der Waals surface area contributed by atoms with E-state index in [1.807, 2.05) is 12.1 Å². The van der Waals surface area contributed by atoms with Gasteiger partial charge in [-0.2, -0.15) is 0 Å². The Kier molecular flexibility index (Phi) is 4.19. The molecule has 1 aliphatic heterocycles. The van der Waals surface area contributed by atoms with E-state index in [-0.39, 0.29) is 17.2 Å². The molecule has 0 unspecified atom stereocenters. The van der Waals surface area contributed by atoms with Crippen molar-refractivity contribution in [1.29, 1.82) is 0 Å². The molecule has 4 nitrogen and oxygen atoms in total. The van der Waals surface area contributed by atoms with E-state index in [1.165, 1.54) is 11.1 Å². The average molecular weight is 315 g/mol. The maximum atomic E-state index is 12.2. The summed E-state index contributed by atoms with van der Waals surface area (Å²) in [5.74, 6) is 1.74. The second kappa shape index (κ2) is 6.00. The normalized spacial score (nSPS) is 27.6. The molecule has 1 saturated heterocycles. The second-order valence-electron chi connectivity index (χ2n) is 6.48. The number of methoxy groups -OCH3 is 2. The van der Waals surface area contributed by atoms with Crippen molar-refractivity contribution in [3.05, 3.63) is 35.4 Å². The number of carbonyl (C=O) groups excluding carboxylic acids is 1. The fourth-order valence-corrected chi connectivity index (χ4v) is 4.38. The van der Waals surface area contributed by atoms with Crippen molar-refractivity contribution in [3.8, 4) is 11.5 Å². The minimum absolute atomic E-state index is 0.0863. The van der Waals surface area contributed by atoms with Crippen LogP contribution in [-0.2, 0) is 10.2 Å². The standard InChI is InChI=1S/C19H25NO3/c1-5-13-10-15(21)12-18-19(13,8-9-20(18)2)14-6-7-16(22-3)17(11-14)23-4/h6-7,10-11,18H,5,8-9,12H2,1-4H3/t18-,19+/m0/s1. The number of likely N-dealkylation sites (tertiary alicyclic amines) is 1. The van der Waals surface area contributed by atoms with Crippen LogP contribution >= 0.6 is 0 Å². The van der Waals surface area contributed by atoms with Crippen LogP contribution < -0.4 is 9.47 Å². The number of fused-ring (bicyclic) bond motifs is 1. The lowest BCUT2D eigenvalue weighted by Crippen LogP contribution is -2.46. The third-order valence-electron chi connectivity index (χ3n) is 5.54. The molecule has 1 fully saturated rings. The number of likely N-dealkylation sites (N-methyl/N-ethyl adjacent to an activating group) is 1. The van der Waals surface area contributed by atoms with Gasteiger partial charge in [-0.1, -0.05) is 18.6 Å². The van der Waals surface area contributed by atoms with Crippen LogP contribution in [0, 0.1) is 0 Å². The number of hydrogen-bond acceptors (Lipinski definition) is 4. The van der Waals surface area contributed by atoms with Gasteiger partial charge in [-0.05, 0) is 50.2 Å². The van der Waals surface area contributed by atoms with Gasteiger partial charge in [0.05, 0.1) is 14.2 Å². The molecule has 0 saturated carbocycles. The van der Waals surface area contributed by atoms with E-state index in [0.717, 1.165) is 30.9 Å². The van der Waals surface area contributed by atoms with Crippen molar-refractivity contribution in [2.45, 2.75) is 37.6 Å². The predicted molar refractivity (Wildman–Crippen MR) is 90.3 cm³/mol. The number of benzene rings is 1. The Bertz CT molecular complexity index is 652. The van der Waals surface area contributed by atoms with E-state index < -0.39 is 0 Å². The molecule has 0 radical (unpaired) electrons. The maximum absolute atomic E-state index is 12.2. The Balaban J connectivity index is 2.17. The third-order valence-corrected chi connectivity index (χ3v) is 5.54. The zero-order valence-electron chi connectivity index (χ0n) is 14.4. The van der Waals surface area contributed by atoms with Gasteiger partial charge in [-0.3, -0.25) is 4.79 Å². The lowest BCUT2D eigenvalue weighted by Gasteiger charge is -2.42. The van der Waals surface area contributed by atoms with Crippen LogP contribution in [-0.4, -0.2) is 44.5 Å². The average Bonchev–Trinajstić information content (AvgIpc) is 2.91. The fraction of sp³-hybridized carbons (Fsp3) is 0.526. The highest BCUT2D eigenvalue weighted by Crippen LogP contribution is 2.51. The number of rotatable bonds is 4. The SMILES string of the molecule is CCC1=CC(=O)C[C@@H]2N(C)CC[C@]12c1ccc(OC)c(OC)c1. The van der Waals surface area contributed by atoms with Crippen LogP contribution in [0.3, 0.4) is 0 Å². The molecule has 1 heterocycles. The first-order valence-corrected chi connectivity index (χ1v) is 8.23. The Morgan fingerprint density at radius 3 is 2.65 bits per heavy atom. The lowest BCUT2D eigenvalue weighted by atomic mass is 9.64. The summed E-state index contributed by atoms with van der Waals surface area (Å²) in [6, 6.07) is 6.42. The van der Waals surface area contributed by atoms with Gasteiger partial charge in [0.15, 0.2) is 17.3 Å². The van der Waals surface area contributed by atoms with Crippen LogP contribution in [0.5, 0.6) is 11.5 Å². The lowest BCUT2D eigenvalue weighted by molar-refractivity contribution is -0.116. The van der Waals surface area contributed by atoms with Crippen molar-refractivity contribution >= 4 is 5.78 Å². The van der Waals surface area contributed by atoms with E-state index in [1.54, 1.807) is 14.2 Å². The monoisotopic (exact) mass is 315 g/mol. The highest BCUT2D eigenvalue weighted by Gasteiger charge is 2.51. The van der Waals surface area contributed by atoms with Gasteiger partial charge in [0, 0.05) is 17.9 Å². The van der Waals surface area contributed by atoms with E-state index >= 15 is 0 Å². The Morgan fingerprint density at radius 2 is 2.00 bits per heavy atom. The number of ketones is 1. The van der Waals surface area contributed by atoms with Gasteiger partial charge in [0.25, 0.3) is 0 Å². The first-order chi connectivity index (χ1) is 11.1. The predicted octanol–water partition coefficient (Wildman–Crippen LogP) is 2.95. The molecular formula is C19H25NO3. The molecule has 1 aliphatic carbocycles.